The Hall–Kier alpha value is -0.650. The van der Waals surface area contributed by atoms with Gasteiger partial charge in [0.05, 0.1) is 12.7 Å². The molecule has 0 spiro atoms. The van der Waals surface area contributed by atoms with E-state index in [0.29, 0.717) is 4.88 Å². The van der Waals surface area contributed by atoms with Crippen LogP contribution in [0.4, 0.5) is 0 Å². The van der Waals surface area contributed by atoms with E-state index < -0.39 is 5.54 Å². The normalized spacial score (nSPS) is 13.8. The average molecular weight is 364 g/mol. The Morgan fingerprint density at radius 1 is 1.76 bits per heavy atom. The Labute approximate surface area is 118 Å². The molecule has 1 unspecified atom stereocenters. The topological polar surface area (TPSA) is 62.1 Å². The minimum Gasteiger partial charge on any atom is -0.381 e. The summed E-state index contributed by atoms with van der Waals surface area (Å²) in [5.74, 6) is -0.228. The predicted molar refractivity (Wildman–Crippen MR) is 75.1 cm³/mol. The summed E-state index contributed by atoms with van der Waals surface area (Å²) in [6, 6.07) is 2.05. The van der Waals surface area contributed by atoms with Gasteiger partial charge in [-0.2, -0.15) is 5.26 Å². The van der Waals surface area contributed by atoms with Crippen molar-refractivity contribution in [2.24, 2.45) is 0 Å². The van der Waals surface area contributed by atoms with Crippen LogP contribution in [0.2, 0.25) is 0 Å². The van der Waals surface area contributed by atoms with Crippen LogP contribution in [0, 0.1) is 21.8 Å². The smallest absolute Gasteiger partial charge is 0.263 e. The number of nitrogens with zero attached hydrogens (tertiary/aromatic N) is 1. The van der Waals surface area contributed by atoms with E-state index in [1.165, 1.54) is 18.4 Å². The quantitative estimate of drug-likeness (QED) is 0.835. The molecule has 1 amide bonds. The first-order chi connectivity index (χ1) is 7.93. The van der Waals surface area contributed by atoms with Gasteiger partial charge in [-0.25, -0.2) is 0 Å². The predicted octanol–water partition coefficient (Wildman–Crippen LogP) is 2.32. The molecular formula is C11H13IN2O2S. The van der Waals surface area contributed by atoms with Gasteiger partial charge >= 0.3 is 0 Å². The van der Waals surface area contributed by atoms with Gasteiger partial charge in [-0.15, -0.1) is 11.3 Å². The Balaban J connectivity index is 2.86. The summed E-state index contributed by atoms with van der Waals surface area (Å²) in [5.41, 5.74) is 0.0819. The number of nitrogens with one attached hydrogen (secondary N) is 1. The zero-order chi connectivity index (χ0) is 13.1. The van der Waals surface area contributed by atoms with E-state index in [-0.39, 0.29) is 12.5 Å². The summed E-state index contributed by atoms with van der Waals surface area (Å²) in [6.07, 6.45) is 0. The van der Waals surface area contributed by atoms with Crippen molar-refractivity contribution in [1.82, 2.24) is 5.32 Å². The number of carbonyl (C=O) groups is 1. The van der Waals surface area contributed by atoms with E-state index in [4.69, 9.17) is 10.00 Å². The number of nitriles is 1. The molecule has 1 aromatic heterocycles. The van der Waals surface area contributed by atoms with Crippen molar-refractivity contribution in [2.75, 3.05) is 13.7 Å². The van der Waals surface area contributed by atoms with Crippen molar-refractivity contribution < 1.29 is 9.53 Å². The highest BCUT2D eigenvalue weighted by Crippen LogP contribution is 2.24. The zero-order valence-corrected chi connectivity index (χ0v) is 12.8. The molecule has 0 aliphatic heterocycles. The second-order valence-electron chi connectivity index (χ2n) is 3.89. The van der Waals surface area contributed by atoms with Crippen LogP contribution in [0.5, 0.6) is 0 Å². The van der Waals surface area contributed by atoms with E-state index in [1.54, 1.807) is 6.92 Å². The lowest BCUT2D eigenvalue weighted by Crippen LogP contribution is -2.48. The molecule has 92 valence electrons. The van der Waals surface area contributed by atoms with E-state index in [0.717, 1.165) is 9.13 Å². The van der Waals surface area contributed by atoms with Gasteiger partial charge in [-0.05, 0) is 47.4 Å². The van der Waals surface area contributed by atoms with Gasteiger partial charge in [0.25, 0.3) is 5.91 Å². The number of rotatable bonds is 4. The molecule has 4 nitrogen and oxygen atoms in total. The molecule has 1 aromatic rings. The number of hydrogen-bond donors (Lipinski definition) is 1. The first-order valence-electron chi connectivity index (χ1n) is 4.90. The number of amides is 1. The monoisotopic (exact) mass is 364 g/mol. The van der Waals surface area contributed by atoms with Crippen molar-refractivity contribution in [3.8, 4) is 6.07 Å². The second-order valence-corrected chi connectivity index (χ2v) is 5.85. The van der Waals surface area contributed by atoms with Gasteiger partial charge in [0.15, 0.2) is 0 Å². The Kier molecular flexibility index (Phi) is 4.91. The van der Waals surface area contributed by atoms with Gasteiger partial charge in [0.1, 0.15) is 10.4 Å². The fraction of sp³-hybridized carbons (Fsp3) is 0.455. The van der Waals surface area contributed by atoms with E-state index >= 15 is 0 Å². The molecule has 0 aliphatic carbocycles. The molecule has 6 heteroatoms. The molecule has 1 atom stereocenters. The molecule has 0 radical (unpaired) electrons. The molecule has 1 heterocycles. The highest BCUT2D eigenvalue weighted by atomic mass is 127. The van der Waals surface area contributed by atoms with E-state index in [1.807, 2.05) is 12.3 Å². The SMILES string of the molecule is COCC(C)(C#N)NC(=O)c1scc(C)c1I. The molecule has 0 aliphatic rings. The molecular weight excluding hydrogens is 351 g/mol. The van der Waals surface area contributed by atoms with Crippen LogP contribution in [0.25, 0.3) is 0 Å². The lowest BCUT2D eigenvalue weighted by atomic mass is 10.1. The third-order valence-corrected chi connectivity index (χ3v) is 5.03. The molecule has 1 N–H and O–H groups in total. The fourth-order valence-corrected chi connectivity index (χ4v) is 3.10. The summed E-state index contributed by atoms with van der Waals surface area (Å²) >= 11 is 3.52. The number of aryl methyl sites for hydroxylation is 1. The molecule has 0 fully saturated rings. The molecule has 0 saturated heterocycles. The lowest BCUT2D eigenvalue weighted by Gasteiger charge is -2.21. The Morgan fingerprint density at radius 3 is 2.82 bits per heavy atom. The van der Waals surface area contributed by atoms with Gasteiger partial charge in [0, 0.05) is 10.7 Å². The molecule has 0 saturated carbocycles. The molecule has 17 heavy (non-hydrogen) atoms. The number of hydrogen-bond acceptors (Lipinski definition) is 4. The van der Waals surface area contributed by atoms with Crippen molar-refractivity contribution >= 4 is 39.8 Å². The summed E-state index contributed by atoms with van der Waals surface area (Å²) in [5, 5.41) is 13.7. The minimum atomic E-state index is -0.993. The van der Waals surface area contributed by atoms with Crippen LogP contribution in [-0.2, 0) is 4.74 Å². The van der Waals surface area contributed by atoms with Crippen LogP contribution in [-0.4, -0.2) is 25.2 Å². The third kappa shape index (κ3) is 3.40. The minimum absolute atomic E-state index is 0.163. The highest BCUT2D eigenvalue weighted by Gasteiger charge is 2.28. The van der Waals surface area contributed by atoms with E-state index in [9.17, 15) is 4.79 Å². The molecule has 0 aromatic carbocycles. The maximum Gasteiger partial charge on any atom is 0.263 e. The second kappa shape index (κ2) is 5.80. The Morgan fingerprint density at radius 2 is 2.41 bits per heavy atom. The number of methoxy groups -OCH3 is 1. The highest BCUT2D eigenvalue weighted by molar-refractivity contribution is 14.1. The number of thiophene rings is 1. The lowest BCUT2D eigenvalue weighted by molar-refractivity contribution is 0.0863. The largest absolute Gasteiger partial charge is 0.381 e. The van der Waals surface area contributed by atoms with Crippen LogP contribution < -0.4 is 5.32 Å². The molecule has 1 rings (SSSR count). The van der Waals surface area contributed by atoms with Gasteiger partial charge in [-0.1, -0.05) is 0 Å². The zero-order valence-electron chi connectivity index (χ0n) is 9.83. The standard InChI is InChI=1S/C11H13IN2O2S/c1-7-4-17-9(8(7)12)10(15)14-11(2,5-13)6-16-3/h4H,6H2,1-3H3,(H,14,15). The molecule has 0 bridgehead atoms. The van der Waals surface area contributed by atoms with Gasteiger partial charge < -0.3 is 10.1 Å². The van der Waals surface area contributed by atoms with Crippen molar-refractivity contribution in [2.45, 2.75) is 19.4 Å². The van der Waals surface area contributed by atoms with Crippen molar-refractivity contribution in [1.29, 1.82) is 5.26 Å². The van der Waals surface area contributed by atoms with Crippen LogP contribution >= 0.6 is 33.9 Å². The first kappa shape index (κ1) is 14.4. The number of ether oxygens (including phenoxy) is 1. The first-order valence-corrected chi connectivity index (χ1v) is 6.85. The summed E-state index contributed by atoms with van der Waals surface area (Å²) in [4.78, 5) is 12.7. The fourth-order valence-electron chi connectivity index (χ4n) is 1.28. The van der Waals surface area contributed by atoms with Crippen molar-refractivity contribution in [3.05, 3.63) is 19.4 Å². The van der Waals surface area contributed by atoms with Crippen LogP contribution in [0.3, 0.4) is 0 Å². The third-order valence-electron chi connectivity index (χ3n) is 2.17. The van der Waals surface area contributed by atoms with Crippen LogP contribution in [0.15, 0.2) is 5.38 Å². The number of halogens is 1. The van der Waals surface area contributed by atoms with Gasteiger partial charge in [0.2, 0.25) is 0 Å². The summed E-state index contributed by atoms with van der Waals surface area (Å²) < 4.78 is 5.87. The maximum atomic E-state index is 12.0. The Bertz CT molecular complexity index is 467. The van der Waals surface area contributed by atoms with Crippen LogP contribution in [0.1, 0.15) is 22.2 Å². The van der Waals surface area contributed by atoms with Gasteiger partial charge in [-0.3, -0.25) is 4.79 Å². The average Bonchev–Trinajstić information content (AvgIpc) is 2.60. The summed E-state index contributed by atoms with van der Waals surface area (Å²) in [6.45, 7) is 3.76. The van der Waals surface area contributed by atoms with E-state index in [2.05, 4.69) is 34.0 Å². The van der Waals surface area contributed by atoms with Crippen molar-refractivity contribution in [3.63, 3.8) is 0 Å². The number of carbonyl (C=O) groups excluding carboxylic acids is 1. The summed E-state index contributed by atoms with van der Waals surface area (Å²) in [7, 11) is 1.50. The maximum absolute atomic E-state index is 12.0.